The molecular weight excluding hydrogens is 383 g/mol. The van der Waals surface area contributed by atoms with E-state index in [1.54, 1.807) is 16.9 Å². The first-order chi connectivity index (χ1) is 13.7. The molecule has 1 aliphatic heterocycles. The van der Waals surface area contributed by atoms with Gasteiger partial charge in [-0.1, -0.05) is 26.0 Å². The second kappa shape index (κ2) is 6.98. The van der Waals surface area contributed by atoms with E-state index in [0.717, 1.165) is 23.5 Å². The molecule has 0 aliphatic carbocycles. The maximum atomic E-state index is 13.1. The fourth-order valence-corrected chi connectivity index (χ4v) is 3.74. The lowest BCUT2D eigenvalue weighted by molar-refractivity contribution is -0.137. The fraction of sp³-hybridized carbons (Fsp3) is 0.450. The first kappa shape index (κ1) is 19.6. The summed E-state index contributed by atoms with van der Waals surface area (Å²) < 4.78 is 40.8. The SMILES string of the molecule is CC(C)c1cc(N2CCC(O)(c3cccc(C(F)(F)F)c3)CC2)c2nncn2n1. The molecule has 1 aliphatic rings. The monoisotopic (exact) mass is 405 g/mol. The highest BCUT2D eigenvalue weighted by molar-refractivity contribution is 5.68. The van der Waals surface area contributed by atoms with Gasteiger partial charge >= 0.3 is 6.18 Å². The van der Waals surface area contributed by atoms with E-state index in [-0.39, 0.29) is 5.92 Å². The zero-order valence-electron chi connectivity index (χ0n) is 16.2. The minimum absolute atomic E-state index is 0.215. The number of aliphatic hydroxyl groups is 1. The van der Waals surface area contributed by atoms with Crippen LogP contribution in [0.4, 0.5) is 18.9 Å². The number of anilines is 1. The molecule has 3 heterocycles. The molecule has 2 aromatic heterocycles. The number of rotatable bonds is 3. The molecule has 0 radical (unpaired) electrons. The lowest BCUT2D eigenvalue weighted by atomic mass is 9.83. The van der Waals surface area contributed by atoms with Gasteiger partial charge < -0.3 is 10.0 Å². The number of alkyl halides is 3. The van der Waals surface area contributed by atoms with E-state index in [0.29, 0.717) is 37.1 Å². The van der Waals surface area contributed by atoms with E-state index in [1.807, 2.05) is 19.9 Å². The number of hydrogen-bond acceptors (Lipinski definition) is 5. The highest BCUT2D eigenvalue weighted by atomic mass is 19.4. The van der Waals surface area contributed by atoms with Crippen molar-refractivity contribution in [2.75, 3.05) is 18.0 Å². The van der Waals surface area contributed by atoms with Crippen LogP contribution in [0.15, 0.2) is 36.7 Å². The van der Waals surface area contributed by atoms with E-state index >= 15 is 0 Å². The van der Waals surface area contributed by atoms with Gasteiger partial charge in [0.2, 0.25) is 5.65 Å². The van der Waals surface area contributed by atoms with Gasteiger partial charge in [-0.3, -0.25) is 0 Å². The van der Waals surface area contributed by atoms with Gasteiger partial charge in [-0.05, 0) is 42.5 Å². The van der Waals surface area contributed by atoms with Gasteiger partial charge in [0.05, 0.1) is 22.5 Å². The highest BCUT2D eigenvalue weighted by Gasteiger charge is 2.37. The molecule has 154 valence electrons. The summed E-state index contributed by atoms with van der Waals surface area (Å²) >= 11 is 0. The Morgan fingerprint density at radius 2 is 1.86 bits per heavy atom. The van der Waals surface area contributed by atoms with Crippen molar-refractivity contribution in [1.82, 2.24) is 19.8 Å². The van der Waals surface area contributed by atoms with Crippen LogP contribution in [-0.2, 0) is 11.8 Å². The average Bonchev–Trinajstić information content (AvgIpc) is 3.16. The number of aromatic nitrogens is 4. The predicted octanol–water partition coefficient (Wildman–Crippen LogP) is 3.75. The summed E-state index contributed by atoms with van der Waals surface area (Å²) in [6.07, 6.45) is -2.26. The van der Waals surface area contributed by atoms with Crippen molar-refractivity contribution in [2.24, 2.45) is 0 Å². The van der Waals surface area contributed by atoms with Crippen LogP contribution in [0.1, 0.15) is 49.4 Å². The Morgan fingerprint density at radius 3 is 2.52 bits per heavy atom. The molecule has 0 spiro atoms. The van der Waals surface area contributed by atoms with Crippen molar-refractivity contribution in [1.29, 1.82) is 0 Å². The normalized spacial score (nSPS) is 17.3. The molecule has 1 saturated heterocycles. The largest absolute Gasteiger partial charge is 0.416 e. The van der Waals surface area contributed by atoms with Crippen LogP contribution >= 0.6 is 0 Å². The van der Waals surface area contributed by atoms with Crippen molar-refractivity contribution >= 4 is 11.3 Å². The summed E-state index contributed by atoms with van der Waals surface area (Å²) in [6, 6.07) is 6.96. The summed E-state index contributed by atoms with van der Waals surface area (Å²) in [5.74, 6) is 0.215. The van der Waals surface area contributed by atoms with Crippen molar-refractivity contribution in [3.8, 4) is 0 Å². The average molecular weight is 405 g/mol. The van der Waals surface area contributed by atoms with Crippen molar-refractivity contribution in [3.05, 3.63) is 53.5 Å². The van der Waals surface area contributed by atoms with Crippen LogP contribution in [0, 0.1) is 0 Å². The molecule has 9 heteroatoms. The molecule has 0 atom stereocenters. The number of fused-ring (bicyclic) bond motifs is 1. The summed E-state index contributed by atoms with van der Waals surface area (Å²) in [5, 5.41) is 23.7. The minimum atomic E-state index is -4.43. The van der Waals surface area contributed by atoms with Gasteiger partial charge in [0.15, 0.2) is 0 Å². The fourth-order valence-electron chi connectivity index (χ4n) is 3.74. The third-order valence-electron chi connectivity index (χ3n) is 5.52. The lowest BCUT2D eigenvalue weighted by Gasteiger charge is -2.39. The van der Waals surface area contributed by atoms with Gasteiger partial charge in [-0.15, -0.1) is 10.2 Å². The Kier molecular flexibility index (Phi) is 4.72. The molecule has 0 amide bonds. The van der Waals surface area contributed by atoms with Crippen LogP contribution in [0.2, 0.25) is 0 Å². The van der Waals surface area contributed by atoms with Crippen molar-refractivity contribution in [3.63, 3.8) is 0 Å². The van der Waals surface area contributed by atoms with Gasteiger partial charge in [0.25, 0.3) is 0 Å². The zero-order chi connectivity index (χ0) is 20.8. The number of piperidine rings is 1. The number of benzene rings is 1. The number of halogens is 3. The van der Waals surface area contributed by atoms with E-state index in [2.05, 4.69) is 20.2 Å². The first-order valence-electron chi connectivity index (χ1n) is 9.53. The lowest BCUT2D eigenvalue weighted by Crippen LogP contribution is -2.43. The molecule has 4 rings (SSSR count). The van der Waals surface area contributed by atoms with E-state index in [9.17, 15) is 18.3 Å². The molecular formula is C20H22F3N5O. The Bertz CT molecular complexity index is 1020. The van der Waals surface area contributed by atoms with Gasteiger partial charge in [0.1, 0.15) is 6.33 Å². The molecule has 0 bridgehead atoms. The third kappa shape index (κ3) is 3.66. The Labute approximate surface area is 166 Å². The summed E-state index contributed by atoms with van der Waals surface area (Å²) in [5.41, 5.74) is 0.649. The molecule has 1 aromatic carbocycles. The van der Waals surface area contributed by atoms with Crippen LogP contribution < -0.4 is 4.90 Å². The van der Waals surface area contributed by atoms with E-state index < -0.39 is 17.3 Å². The number of nitrogens with zero attached hydrogens (tertiary/aromatic N) is 5. The molecule has 3 aromatic rings. The summed E-state index contributed by atoms with van der Waals surface area (Å²) in [7, 11) is 0. The van der Waals surface area contributed by atoms with Crippen LogP contribution in [0.25, 0.3) is 5.65 Å². The number of hydrogen-bond donors (Lipinski definition) is 1. The summed E-state index contributed by atoms with van der Waals surface area (Å²) in [4.78, 5) is 2.08. The van der Waals surface area contributed by atoms with Gasteiger partial charge in [-0.2, -0.15) is 22.8 Å². The Hall–Kier alpha value is -2.68. The second-order valence-corrected chi connectivity index (χ2v) is 7.81. The quantitative estimate of drug-likeness (QED) is 0.719. The maximum Gasteiger partial charge on any atom is 0.416 e. The Balaban J connectivity index is 1.60. The first-order valence-corrected chi connectivity index (χ1v) is 9.53. The zero-order valence-corrected chi connectivity index (χ0v) is 16.2. The van der Waals surface area contributed by atoms with Gasteiger partial charge in [0, 0.05) is 13.1 Å². The molecule has 6 nitrogen and oxygen atoms in total. The Morgan fingerprint density at radius 1 is 1.14 bits per heavy atom. The smallest absolute Gasteiger partial charge is 0.385 e. The molecule has 0 saturated carbocycles. The topological polar surface area (TPSA) is 66.5 Å². The van der Waals surface area contributed by atoms with Crippen LogP contribution in [0.5, 0.6) is 0 Å². The van der Waals surface area contributed by atoms with Crippen LogP contribution in [-0.4, -0.2) is 38.0 Å². The van der Waals surface area contributed by atoms with E-state index in [1.165, 1.54) is 6.07 Å². The predicted molar refractivity (Wildman–Crippen MR) is 102 cm³/mol. The standard InChI is InChI=1S/C20H22F3N5O/c1-13(2)16-11-17(18-25-24-12-28(18)26-16)27-8-6-19(29,7-9-27)14-4-3-5-15(10-14)20(21,22)23/h3-5,10-13,29H,6-9H2,1-2H3. The third-order valence-corrected chi connectivity index (χ3v) is 5.52. The molecule has 1 N–H and O–H groups in total. The molecule has 29 heavy (non-hydrogen) atoms. The van der Waals surface area contributed by atoms with Crippen molar-refractivity contribution < 1.29 is 18.3 Å². The second-order valence-electron chi connectivity index (χ2n) is 7.81. The van der Waals surface area contributed by atoms with Gasteiger partial charge in [-0.25, -0.2) is 0 Å². The van der Waals surface area contributed by atoms with Crippen LogP contribution in [0.3, 0.4) is 0 Å². The summed E-state index contributed by atoms with van der Waals surface area (Å²) in [6.45, 7) is 5.06. The van der Waals surface area contributed by atoms with Crippen molar-refractivity contribution in [2.45, 2.75) is 44.4 Å². The highest BCUT2D eigenvalue weighted by Crippen LogP contribution is 2.38. The molecule has 1 fully saturated rings. The maximum absolute atomic E-state index is 13.1. The minimum Gasteiger partial charge on any atom is -0.385 e. The van der Waals surface area contributed by atoms with E-state index in [4.69, 9.17) is 0 Å². The molecule has 0 unspecified atom stereocenters.